The fourth-order valence-corrected chi connectivity index (χ4v) is 4.94. The van der Waals surface area contributed by atoms with Crippen LogP contribution in [-0.4, -0.2) is 63.2 Å². The highest BCUT2D eigenvalue weighted by Crippen LogP contribution is 2.43. The summed E-state index contributed by atoms with van der Waals surface area (Å²) in [6, 6.07) is 13.7. The molecule has 1 heterocycles. The van der Waals surface area contributed by atoms with Gasteiger partial charge in [0.05, 0.1) is 17.1 Å². The number of ether oxygens (including phenoxy) is 2. The molecule has 40 heavy (non-hydrogen) atoms. The molecular formula is C29H34N2O8S. The summed E-state index contributed by atoms with van der Waals surface area (Å²) in [4.78, 5) is 25.1. The molecule has 0 radical (unpaired) electrons. The molecule has 0 amide bonds. The van der Waals surface area contributed by atoms with E-state index in [2.05, 4.69) is 10.6 Å². The second-order valence-corrected chi connectivity index (χ2v) is 10.5. The molecule has 3 atom stereocenters. The van der Waals surface area contributed by atoms with Crippen molar-refractivity contribution in [2.75, 3.05) is 19.4 Å². The maximum atomic E-state index is 12.4. The molecule has 11 heteroatoms. The average molecular weight is 571 g/mol. The largest absolute Gasteiger partial charge is 0.491 e. The van der Waals surface area contributed by atoms with Crippen molar-refractivity contribution in [3.8, 4) is 11.5 Å². The monoisotopic (exact) mass is 570 g/mol. The minimum atomic E-state index is -1.43. The van der Waals surface area contributed by atoms with Gasteiger partial charge in [-0.2, -0.15) is 0 Å². The lowest BCUT2D eigenvalue weighted by atomic mass is 9.80. The Morgan fingerprint density at radius 3 is 2.25 bits per heavy atom. The quantitative estimate of drug-likeness (QED) is 0.179. The molecule has 0 fully saturated rings. The number of carbonyl (C=O) groups is 2. The number of aliphatic hydroxyl groups excluding tert-OH is 1. The summed E-state index contributed by atoms with van der Waals surface area (Å²) in [5.74, 6) is -2.96. The van der Waals surface area contributed by atoms with E-state index < -0.39 is 41.0 Å². The Labute approximate surface area is 235 Å². The van der Waals surface area contributed by atoms with Crippen LogP contribution in [0.2, 0.25) is 0 Å². The van der Waals surface area contributed by atoms with Gasteiger partial charge in [0.25, 0.3) is 0 Å². The zero-order chi connectivity index (χ0) is 29.4. The number of carboxylic acids is 2. The fourth-order valence-electron chi connectivity index (χ4n) is 4.39. The van der Waals surface area contributed by atoms with Crippen LogP contribution in [0.3, 0.4) is 0 Å². The second kappa shape index (κ2) is 13.9. The second-order valence-electron chi connectivity index (χ2n) is 9.15. The van der Waals surface area contributed by atoms with Gasteiger partial charge >= 0.3 is 11.9 Å². The van der Waals surface area contributed by atoms with Gasteiger partial charge < -0.3 is 30.1 Å². The Hall–Kier alpha value is -3.93. The molecular weight excluding hydrogens is 536 g/mol. The van der Waals surface area contributed by atoms with E-state index in [1.165, 1.54) is 12.3 Å². The normalized spacial score (nSPS) is 16.4. The molecule has 0 bridgehead atoms. The molecule has 1 aliphatic rings. The van der Waals surface area contributed by atoms with Crippen LogP contribution in [0.5, 0.6) is 11.5 Å². The van der Waals surface area contributed by atoms with Crippen LogP contribution in [0.4, 0.5) is 0 Å². The van der Waals surface area contributed by atoms with Crippen LogP contribution in [0.1, 0.15) is 32.3 Å². The zero-order valence-electron chi connectivity index (χ0n) is 22.7. The van der Waals surface area contributed by atoms with Gasteiger partial charge in [-0.25, -0.2) is 9.59 Å². The number of para-hydroxylation sites is 1. The highest BCUT2D eigenvalue weighted by Gasteiger charge is 2.38. The molecule has 1 aliphatic heterocycles. The maximum absolute atomic E-state index is 12.4. The minimum Gasteiger partial charge on any atom is -0.491 e. The SMILES string of the molecule is C/C=C/C(NCC(O)COc1ccccc1)Oc1ccc(S(C)=O)cc1C1C(C(=O)O)=C(C)NC(C)=C1C(=O)O. The molecule has 2 aromatic rings. The molecule has 0 spiro atoms. The van der Waals surface area contributed by atoms with Gasteiger partial charge in [-0.15, -0.1) is 0 Å². The van der Waals surface area contributed by atoms with Crippen molar-refractivity contribution < 1.29 is 38.6 Å². The summed E-state index contributed by atoms with van der Waals surface area (Å²) >= 11 is 0. The topological polar surface area (TPSA) is 154 Å². The number of benzene rings is 2. The van der Waals surface area contributed by atoms with E-state index in [1.54, 1.807) is 57.2 Å². The highest BCUT2D eigenvalue weighted by molar-refractivity contribution is 7.84. The highest BCUT2D eigenvalue weighted by atomic mass is 32.2. The number of carboxylic acid groups (broad SMARTS) is 2. The Morgan fingerprint density at radius 1 is 1.07 bits per heavy atom. The number of rotatable bonds is 13. The van der Waals surface area contributed by atoms with Crippen LogP contribution < -0.4 is 20.1 Å². The summed E-state index contributed by atoms with van der Waals surface area (Å²) in [6.07, 6.45) is 3.26. The third kappa shape index (κ3) is 7.59. The van der Waals surface area contributed by atoms with Gasteiger partial charge in [0, 0.05) is 45.5 Å². The first kappa shape index (κ1) is 30.6. The van der Waals surface area contributed by atoms with Crippen LogP contribution in [0.25, 0.3) is 0 Å². The third-order valence-electron chi connectivity index (χ3n) is 6.21. The average Bonchev–Trinajstić information content (AvgIpc) is 2.90. The van der Waals surface area contributed by atoms with Gasteiger partial charge in [0.1, 0.15) is 24.2 Å². The Kier molecular flexibility index (Phi) is 10.7. The summed E-state index contributed by atoms with van der Waals surface area (Å²) in [6.45, 7) is 5.04. The van der Waals surface area contributed by atoms with Crippen LogP contribution >= 0.6 is 0 Å². The minimum absolute atomic E-state index is 0.0367. The first-order valence-corrected chi connectivity index (χ1v) is 14.1. The molecule has 10 nitrogen and oxygen atoms in total. The van der Waals surface area contributed by atoms with Crippen molar-refractivity contribution >= 4 is 22.7 Å². The molecule has 0 saturated carbocycles. The number of nitrogens with one attached hydrogen (secondary N) is 2. The number of dihydropyridines is 1. The molecule has 0 aliphatic carbocycles. The van der Waals surface area contributed by atoms with Crippen molar-refractivity contribution in [1.29, 1.82) is 0 Å². The zero-order valence-corrected chi connectivity index (χ0v) is 23.5. The van der Waals surface area contributed by atoms with Crippen molar-refractivity contribution in [3.63, 3.8) is 0 Å². The standard InChI is InChI=1S/C29H34N2O8S/c1-5-9-24(30-15-19(32)16-38-20-10-7-6-8-11-20)39-23-13-12-21(40(4)37)14-22(23)27-25(28(33)34)17(2)31-18(3)26(27)29(35)36/h5-14,19,24,27,30-32H,15-16H2,1-4H3,(H,33,34)(H,35,36)/b9-5+. The molecule has 0 aromatic heterocycles. The predicted octanol–water partition coefficient (Wildman–Crippen LogP) is 3.14. The van der Waals surface area contributed by atoms with Crippen molar-refractivity contribution in [2.24, 2.45) is 0 Å². The van der Waals surface area contributed by atoms with E-state index in [1.807, 2.05) is 18.2 Å². The third-order valence-corrected chi connectivity index (χ3v) is 7.12. The van der Waals surface area contributed by atoms with E-state index in [0.29, 0.717) is 22.0 Å². The lowest BCUT2D eigenvalue weighted by molar-refractivity contribution is -0.133. The fraction of sp³-hybridized carbons (Fsp3) is 0.310. The van der Waals surface area contributed by atoms with E-state index in [4.69, 9.17) is 9.47 Å². The molecule has 3 rings (SSSR count). The lowest BCUT2D eigenvalue weighted by Crippen LogP contribution is -2.40. The number of aliphatic carboxylic acids is 2. The van der Waals surface area contributed by atoms with Crippen LogP contribution in [-0.2, 0) is 20.4 Å². The first-order valence-electron chi connectivity index (χ1n) is 12.5. The first-order chi connectivity index (χ1) is 19.0. The molecule has 0 saturated heterocycles. The van der Waals surface area contributed by atoms with Gasteiger partial charge in [0.15, 0.2) is 6.23 Å². The van der Waals surface area contributed by atoms with Crippen molar-refractivity contribution in [3.05, 3.63) is 88.8 Å². The van der Waals surface area contributed by atoms with E-state index in [9.17, 15) is 29.1 Å². The van der Waals surface area contributed by atoms with Crippen molar-refractivity contribution in [1.82, 2.24) is 10.6 Å². The molecule has 5 N–H and O–H groups in total. The summed E-state index contributed by atoms with van der Waals surface area (Å²) in [5.41, 5.74) is 0.510. The van der Waals surface area contributed by atoms with E-state index >= 15 is 0 Å². The Balaban J connectivity index is 1.94. The van der Waals surface area contributed by atoms with Crippen LogP contribution in [0, 0.1) is 0 Å². The maximum Gasteiger partial charge on any atom is 0.334 e. The van der Waals surface area contributed by atoms with Gasteiger partial charge in [-0.3, -0.25) is 9.53 Å². The van der Waals surface area contributed by atoms with Gasteiger partial charge in [-0.05, 0) is 57.2 Å². The number of hydrogen-bond acceptors (Lipinski definition) is 8. The number of hydrogen-bond donors (Lipinski definition) is 5. The predicted molar refractivity (Wildman–Crippen MR) is 150 cm³/mol. The molecule has 3 unspecified atom stereocenters. The number of allylic oxidation sites excluding steroid dienone is 3. The molecule has 2 aromatic carbocycles. The van der Waals surface area contributed by atoms with E-state index in [-0.39, 0.29) is 35.6 Å². The smallest absolute Gasteiger partial charge is 0.334 e. The molecule has 214 valence electrons. The van der Waals surface area contributed by atoms with E-state index in [0.717, 1.165) is 0 Å². The summed E-state index contributed by atoms with van der Waals surface area (Å²) in [7, 11) is -1.43. The van der Waals surface area contributed by atoms with Crippen LogP contribution in [0.15, 0.2) is 88.1 Å². The van der Waals surface area contributed by atoms with Gasteiger partial charge in [-0.1, -0.05) is 24.3 Å². The lowest BCUT2D eigenvalue weighted by Gasteiger charge is -2.30. The van der Waals surface area contributed by atoms with Crippen molar-refractivity contribution in [2.45, 2.75) is 43.9 Å². The van der Waals surface area contributed by atoms with Gasteiger partial charge in [0.2, 0.25) is 0 Å². The summed E-state index contributed by atoms with van der Waals surface area (Å²) in [5, 5.41) is 36.5. The summed E-state index contributed by atoms with van der Waals surface area (Å²) < 4.78 is 24.2. The Morgan fingerprint density at radius 2 is 1.70 bits per heavy atom. The Bertz CT molecular complexity index is 1320. The number of aliphatic hydroxyl groups is 1.